The predicted molar refractivity (Wildman–Crippen MR) is 54.7 cm³/mol. The quantitative estimate of drug-likeness (QED) is 0.747. The summed E-state index contributed by atoms with van der Waals surface area (Å²) in [6, 6.07) is 0. The summed E-state index contributed by atoms with van der Waals surface area (Å²) in [7, 11) is -1.48. The van der Waals surface area contributed by atoms with Crippen LogP contribution in [-0.2, 0) is 16.9 Å². The van der Waals surface area contributed by atoms with E-state index in [9.17, 15) is 8.42 Å². The molecular weight excluding hydrogens is 200 g/mol. The van der Waals surface area contributed by atoms with Gasteiger partial charge in [-0.2, -0.15) is 5.10 Å². The molecule has 1 heterocycles. The van der Waals surface area contributed by atoms with Gasteiger partial charge in [-0.3, -0.25) is 4.68 Å². The summed E-state index contributed by atoms with van der Waals surface area (Å²) < 4.78 is 25.1. The summed E-state index contributed by atoms with van der Waals surface area (Å²) >= 11 is 0. The lowest BCUT2D eigenvalue weighted by atomic mass is 10.0. The molecule has 14 heavy (non-hydrogen) atoms. The standard InChI is InChI=1S/C9H16N2O2S/c1-9(2,3)7-14(12,13)8-5-10-11(4)6-8/h5-6H,7H2,1-4H3. The Morgan fingerprint density at radius 3 is 2.36 bits per heavy atom. The smallest absolute Gasteiger partial charge is 0.181 e. The van der Waals surface area contributed by atoms with E-state index in [0.717, 1.165) is 0 Å². The van der Waals surface area contributed by atoms with Crippen molar-refractivity contribution in [2.75, 3.05) is 5.75 Å². The molecule has 0 aliphatic rings. The number of hydrogen-bond donors (Lipinski definition) is 0. The minimum Gasteiger partial charge on any atom is -0.274 e. The van der Waals surface area contributed by atoms with Crippen molar-refractivity contribution in [2.24, 2.45) is 12.5 Å². The Labute approximate surface area is 84.9 Å². The van der Waals surface area contributed by atoms with Crippen molar-refractivity contribution in [3.63, 3.8) is 0 Å². The maximum Gasteiger partial charge on any atom is 0.181 e. The molecule has 0 spiro atoms. The van der Waals surface area contributed by atoms with E-state index in [-0.39, 0.29) is 11.2 Å². The van der Waals surface area contributed by atoms with Crippen LogP contribution in [0.3, 0.4) is 0 Å². The third-order valence-corrected chi connectivity index (χ3v) is 3.84. The van der Waals surface area contributed by atoms with E-state index in [4.69, 9.17) is 0 Å². The Balaban J connectivity index is 2.98. The Kier molecular flexibility index (Phi) is 2.71. The van der Waals surface area contributed by atoms with Crippen molar-refractivity contribution >= 4 is 9.84 Å². The molecule has 0 saturated carbocycles. The summed E-state index contributed by atoms with van der Waals surface area (Å²) in [5.74, 6) is 0.145. The number of aryl methyl sites for hydroxylation is 1. The first-order chi connectivity index (χ1) is 6.21. The number of hydrogen-bond acceptors (Lipinski definition) is 3. The van der Waals surface area contributed by atoms with Crippen LogP contribution in [0, 0.1) is 5.41 Å². The molecule has 5 heteroatoms. The van der Waals surface area contributed by atoms with Gasteiger partial charge < -0.3 is 0 Å². The van der Waals surface area contributed by atoms with Crippen molar-refractivity contribution in [1.29, 1.82) is 0 Å². The normalized spacial score (nSPS) is 13.1. The molecule has 0 N–H and O–H groups in total. The van der Waals surface area contributed by atoms with Gasteiger partial charge in [-0.05, 0) is 5.41 Å². The molecular formula is C9H16N2O2S. The first-order valence-electron chi connectivity index (χ1n) is 4.42. The largest absolute Gasteiger partial charge is 0.274 e. The third kappa shape index (κ3) is 2.83. The van der Waals surface area contributed by atoms with Crippen LogP contribution in [0.2, 0.25) is 0 Å². The fourth-order valence-corrected chi connectivity index (χ4v) is 3.04. The van der Waals surface area contributed by atoms with Crippen LogP contribution >= 0.6 is 0 Å². The Hall–Kier alpha value is -0.840. The topological polar surface area (TPSA) is 52.0 Å². The number of nitrogens with zero attached hydrogens (tertiary/aromatic N) is 2. The van der Waals surface area contributed by atoms with Crippen LogP contribution in [0.5, 0.6) is 0 Å². The molecule has 0 amide bonds. The van der Waals surface area contributed by atoms with Crippen LogP contribution in [0.25, 0.3) is 0 Å². The second-order valence-electron chi connectivity index (χ2n) is 4.67. The van der Waals surface area contributed by atoms with Gasteiger partial charge >= 0.3 is 0 Å². The van der Waals surface area contributed by atoms with Crippen molar-refractivity contribution in [1.82, 2.24) is 9.78 Å². The summed E-state index contributed by atoms with van der Waals surface area (Å²) in [4.78, 5) is 0.301. The Bertz CT molecular complexity index is 412. The van der Waals surface area contributed by atoms with E-state index < -0.39 is 9.84 Å². The molecule has 1 aromatic heterocycles. The van der Waals surface area contributed by atoms with Crippen molar-refractivity contribution in [3.8, 4) is 0 Å². The fourth-order valence-electron chi connectivity index (χ4n) is 1.21. The molecule has 0 aromatic carbocycles. The molecule has 0 radical (unpaired) electrons. The maximum atomic E-state index is 11.8. The maximum absolute atomic E-state index is 11.8. The van der Waals surface area contributed by atoms with E-state index in [2.05, 4.69) is 5.10 Å². The molecule has 0 aliphatic carbocycles. The highest BCUT2D eigenvalue weighted by atomic mass is 32.2. The summed E-state index contributed by atoms with van der Waals surface area (Å²) in [6.07, 6.45) is 2.92. The van der Waals surface area contributed by atoms with Gasteiger partial charge in [0.2, 0.25) is 0 Å². The molecule has 80 valence electrons. The second-order valence-corrected chi connectivity index (χ2v) is 6.66. The van der Waals surface area contributed by atoms with E-state index in [1.807, 2.05) is 20.8 Å². The molecule has 1 rings (SSSR count). The monoisotopic (exact) mass is 216 g/mol. The van der Waals surface area contributed by atoms with Gasteiger partial charge in [0.1, 0.15) is 4.90 Å². The Morgan fingerprint density at radius 2 is 2.00 bits per heavy atom. The van der Waals surface area contributed by atoms with Crippen LogP contribution in [0.4, 0.5) is 0 Å². The SMILES string of the molecule is Cn1cc(S(=O)(=O)CC(C)(C)C)cn1. The highest BCUT2D eigenvalue weighted by Gasteiger charge is 2.24. The van der Waals surface area contributed by atoms with E-state index in [1.165, 1.54) is 17.1 Å². The first-order valence-corrected chi connectivity index (χ1v) is 6.07. The summed E-state index contributed by atoms with van der Waals surface area (Å²) in [5, 5.41) is 3.85. The van der Waals surface area contributed by atoms with E-state index in [0.29, 0.717) is 4.90 Å². The lowest BCUT2D eigenvalue weighted by molar-refractivity contribution is 0.461. The zero-order chi connectivity index (χ0) is 11.0. The average molecular weight is 216 g/mol. The van der Waals surface area contributed by atoms with Gasteiger partial charge in [0.05, 0.1) is 11.9 Å². The molecule has 4 nitrogen and oxygen atoms in total. The highest BCUT2D eigenvalue weighted by molar-refractivity contribution is 7.91. The van der Waals surface area contributed by atoms with Crippen LogP contribution in [0.15, 0.2) is 17.3 Å². The molecule has 0 atom stereocenters. The van der Waals surface area contributed by atoms with Gasteiger partial charge in [0, 0.05) is 13.2 Å². The van der Waals surface area contributed by atoms with Crippen LogP contribution < -0.4 is 0 Å². The number of rotatable bonds is 2. The fraction of sp³-hybridized carbons (Fsp3) is 0.667. The van der Waals surface area contributed by atoms with Gasteiger partial charge in [-0.25, -0.2) is 8.42 Å². The van der Waals surface area contributed by atoms with Gasteiger partial charge in [-0.1, -0.05) is 20.8 Å². The minimum absolute atomic E-state index is 0.145. The van der Waals surface area contributed by atoms with Crippen molar-refractivity contribution < 1.29 is 8.42 Å². The molecule has 1 aromatic rings. The lowest BCUT2D eigenvalue weighted by Gasteiger charge is -2.16. The van der Waals surface area contributed by atoms with Crippen molar-refractivity contribution in [3.05, 3.63) is 12.4 Å². The molecule has 0 saturated heterocycles. The van der Waals surface area contributed by atoms with Crippen LogP contribution in [-0.4, -0.2) is 24.0 Å². The molecule has 0 fully saturated rings. The zero-order valence-corrected chi connectivity index (χ0v) is 9.80. The van der Waals surface area contributed by atoms with Crippen LogP contribution in [0.1, 0.15) is 20.8 Å². The third-order valence-electron chi connectivity index (χ3n) is 1.66. The lowest BCUT2D eigenvalue weighted by Crippen LogP contribution is -2.20. The van der Waals surface area contributed by atoms with Gasteiger partial charge in [-0.15, -0.1) is 0 Å². The summed E-state index contributed by atoms with van der Waals surface area (Å²) in [6.45, 7) is 5.71. The minimum atomic E-state index is -3.18. The van der Waals surface area contributed by atoms with Gasteiger partial charge in [0.15, 0.2) is 9.84 Å². The average Bonchev–Trinajstić information content (AvgIpc) is 2.29. The summed E-state index contributed by atoms with van der Waals surface area (Å²) in [5.41, 5.74) is -0.228. The van der Waals surface area contributed by atoms with E-state index in [1.54, 1.807) is 7.05 Å². The number of sulfone groups is 1. The molecule has 0 bridgehead atoms. The second kappa shape index (κ2) is 3.38. The zero-order valence-electron chi connectivity index (χ0n) is 8.98. The first kappa shape index (κ1) is 11.2. The highest BCUT2D eigenvalue weighted by Crippen LogP contribution is 2.21. The molecule has 0 aliphatic heterocycles. The molecule has 0 unspecified atom stereocenters. The predicted octanol–water partition coefficient (Wildman–Crippen LogP) is 1.24. The van der Waals surface area contributed by atoms with E-state index >= 15 is 0 Å². The Morgan fingerprint density at radius 1 is 1.43 bits per heavy atom. The number of aromatic nitrogens is 2. The van der Waals surface area contributed by atoms with Crippen molar-refractivity contribution in [2.45, 2.75) is 25.7 Å². The van der Waals surface area contributed by atoms with Gasteiger partial charge in [0.25, 0.3) is 0 Å².